The number of aromatic nitrogens is 1. The molecule has 0 aliphatic carbocycles. The summed E-state index contributed by atoms with van der Waals surface area (Å²) in [6.07, 6.45) is -1.68. The smallest absolute Gasteiger partial charge is 0.273 e. The molecule has 1 aromatic rings. The van der Waals surface area contributed by atoms with Gasteiger partial charge in [-0.15, -0.1) is 11.3 Å². The van der Waals surface area contributed by atoms with Gasteiger partial charge in [0.1, 0.15) is 5.69 Å². The first-order chi connectivity index (χ1) is 7.08. The molecule has 0 aromatic carbocycles. The fourth-order valence-electron chi connectivity index (χ4n) is 1.56. The predicted octanol–water partition coefficient (Wildman–Crippen LogP) is -0.371. The van der Waals surface area contributed by atoms with Crippen LogP contribution in [-0.2, 0) is 0 Å². The first-order valence-corrected chi connectivity index (χ1v) is 5.53. The van der Waals surface area contributed by atoms with E-state index in [1.54, 1.807) is 5.38 Å². The average molecular weight is 228 g/mol. The van der Waals surface area contributed by atoms with Crippen LogP contribution in [0.25, 0.3) is 0 Å². The summed E-state index contributed by atoms with van der Waals surface area (Å²) in [5.41, 5.74) is 0.388. The lowest BCUT2D eigenvalue weighted by Gasteiger charge is -2.13. The van der Waals surface area contributed by atoms with Crippen LogP contribution in [-0.4, -0.2) is 51.3 Å². The number of β-amino-alcohol motifs (C(OH)–C–C–N with tert-alkyl or cyclic N) is 2. The standard InChI is InChI=1S/C9H12N2O3S/c1-5-10-6(4-15-5)9(14)11-2-7(12)8(13)3-11/h4,7-8,12-13H,2-3H2,1H3/t7-,8+. The summed E-state index contributed by atoms with van der Waals surface area (Å²) in [4.78, 5) is 17.3. The van der Waals surface area contributed by atoms with Crippen LogP contribution in [0.1, 0.15) is 15.5 Å². The fraction of sp³-hybridized carbons (Fsp3) is 0.556. The zero-order chi connectivity index (χ0) is 11.0. The topological polar surface area (TPSA) is 73.7 Å². The highest BCUT2D eigenvalue weighted by atomic mass is 32.1. The zero-order valence-corrected chi connectivity index (χ0v) is 9.07. The Balaban J connectivity index is 2.10. The number of carbonyl (C=O) groups is 1. The van der Waals surface area contributed by atoms with E-state index in [4.69, 9.17) is 0 Å². The molecule has 0 radical (unpaired) electrons. The number of aliphatic hydroxyl groups excluding tert-OH is 2. The van der Waals surface area contributed by atoms with E-state index in [1.165, 1.54) is 16.2 Å². The lowest BCUT2D eigenvalue weighted by atomic mass is 10.3. The molecule has 1 aliphatic heterocycles. The molecule has 1 aromatic heterocycles. The maximum atomic E-state index is 11.8. The van der Waals surface area contributed by atoms with Crippen LogP contribution in [0.5, 0.6) is 0 Å². The second kappa shape index (κ2) is 3.88. The molecular weight excluding hydrogens is 216 g/mol. The summed E-state index contributed by atoms with van der Waals surface area (Å²) >= 11 is 1.41. The molecule has 82 valence electrons. The molecule has 0 saturated carbocycles. The summed E-state index contributed by atoms with van der Waals surface area (Å²) in [6, 6.07) is 0. The molecule has 2 N–H and O–H groups in total. The van der Waals surface area contributed by atoms with Gasteiger partial charge in [0.05, 0.1) is 17.2 Å². The summed E-state index contributed by atoms with van der Waals surface area (Å²) in [5, 5.41) is 21.1. The molecule has 0 spiro atoms. The number of aryl methyl sites for hydroxylation is 1. The Morgan fingerprint density at radius 3 is 2.60 bits per heavy atom. The molecule has 2 heterocycles. The first kappa shape index (κ1) is 10.5. The molecule has 1 aliphatic rings. The molecule has 2 atom stereocenters. The second-order valence-corrected chi connectivity index (χ2v) is 4.66. The van der Waals surface area contributed by atoms with Crippen LogP contribution in [0.3, 0.4) is 0 Å². The highest BCUT2D eigenvalue weighted by Crippen LogP contribution is 2.15. The number of hydrogen-bond donors (Lipinski definition) is 2. The van der Waals surface area contributed by atoms with E-state index in [0.29, 0.717) is 5.69 Å². The van der Waals surface area contributed by atoms with Crippen LogP contribution in [0.15, 0.2) is 5.38 Å². The molecule has 0 unspecified atom stereocenters. The number of rotatable bonds is 1. The van der Waals surface area contributed by atoms with E-state index >= 15 is 0 Å². The minimum Gasteiger partial charge on any atom is -0.388 e. The Hall–Kier alpha value is -0.980. The van der Waals surface area contributed by atoms with E-state index in [-0.39, 0.29) is 19.0 Å². The maximum absolute atomic E-state index is 11.8. The second-order valence-electron chi connectivity index (χ2n) is 3.60. The predicted molar refractivity (Wildman–Crippen MR) is 54.8 cm³/mol. The molecule has 1 fully saturated rings. The van der Waals surface area contributed by atoms with Crippen molar-refractivity contribution in [2.45, 2.75) is 19.1 Å². The number of carbonyl (C=O) groups excluding carboxylic acids is 1. The van der Waals surface area contributed by atoms with Gasteiger partial charge in [0.2, 0.25) is 0 Å². The largest absolute Gasteiger partial charge is 0.388 e. The maximum Gasteiger partial charge on any atom is 0.273 e. The normalized spacial score (nSPS) is 25.9. The van der Waals surface area contributed by atoms with Crippen molar-refractivity contribution in [1.82, 2.24) is 9.88 Å². The monoisotopic (exact) mass is 228 g/mol. The van der Waals surface area contributed by atoms with Crippen molar-refractivity contribution in [2.24, 2.45) is 0 Å². The van der Waals surface area contributed by atoms with Crippen molar-refractivity contribution in [2.75, 3.05) is 13.1 Å². The average Bonchev–Trinajstić information content (AvgIpc) is 2.74. The molecular formula is C9H12N2O3S. The van der Waals surface area contributed by atoms with Gasteiger partial charge in [0.25, 0.3) is 5.91 Å². The lowest BCUT2D eigenvalue weighted by molar-refractivity contribution is 0.0572. The van der Waals surface area contributed by atoms with E-state index in [2.05, 4.69) is 4.98 Å². The summed E-state index contributed by atoms with van der Waals surface area (Å²) in [5.74, 6) is -0.227. The van der Waals surface area contributed by atoms with Crippen LogP contribution < -0.4 is 0 Å². The summed E-state index contributed by atoms with van der Waals surface area (Å²) < 4.78 is 0. The fourth-order valence-corrected chi connectivity index (χ4v) is 2.15. The van der Waals surface area contributed by atoms with Gasteiger partial charge in [-0.25, -0.2) is 4.98 Å². The van der Waals surface area contributed by atoms with E-state index in [9.17, 15) is 15.0 Å². The van der Waals surface area contributed by atoms with Gasteiger partial charge in [0, 0.05) is 18.5 Å². The van der Waals surface area contributed by atoms with E-state index in [1.807, 2.05) is 6.92 Å². The number of aliphatic hydroxyl groups is 2. The Morgan fingerprint density at radius 2 is 2.13 bits per heavy atom. The van der Waals surface area contributed by atoms with Crippen molar-refractivity contribution < 1.29 is 15.0 Å². The lowest BCUT2D eigenvalue weighted by Crippen LogP contribution is -2.30. The Labute approximate surface area is 91.0 Å². The molecule has 6 heteroatoms. The van der Waals surface area contributed by atoms with Crippen LogP contribution in [0, 0.1) is 6.92 Å². The van der Waals surface area contributed by atoms with Gasteiger partial charge >= 0.3 is 0 Å². The molecule has 0 bridgehead atoms. The Bertz CT molecular complexity index is 369. The highest BCUT2D eigenvalue weighted by molar-refractivity contribution is 7.09. The van der Waals surface area contributed by atoms with Gasteiger partial charge in [-0.3, -0.25) is 4.79 Å². The number of nitrogens with zero attached hydrogens (tertiary/aromatic N) is 2. The minimum atomic E-state index is -0.839. The SMILES string of the molecule is Cc1nc(C(=O)N2C[C@@H](O)[C@@H](O)C2)cs1. The zero-order valence-electron chi connectivity index (χ0n) is 8.25. The van der Waals surface area contributed by atoms with Gasteiger partial charge in [0.15, 0.2) is 0 Å². The van der Waals surface area contributed by atoms with Crippen LogP contribution >= 0.6 is 11.3 Å². The molecule has 15 heavy (non-hydrogen) atoms. The summed E-state index contributed by atoms with van der Waals surface area (Å²) in [6.45, 7) is 2.18. The third-order valence-corrected chi connectivity index (χ3v) is 3.16. The van der Waals surface area contributed by atoms with E-state index < -0.39 is 12.2 Å². The summed E-state index contributed by atoms with van der Waals surface area (Å²) in [7, 11) is 0. The van der Waals surface area contributed by atoms with Crippen molar-refractivity contribution in [1.29, 1.82) is 0 Å². The van der Waals surface area contributed by atoms with Gasteiger partial charge < -0.3 is 15.1 Å². The first-order valence-electron chi connectivity index (χ1n) is 4.65. The van der Waals surface area contributed by atoms with Crippen molar-refractivity contribution >= 4 is 17.2 Å². The van der Waals surface area contributed by atoms with Crippen molar-refractivity contribution in [3.8, 4) is 0 Å². The van der Waals surface area contributed by atoms with Crippen molar-refractivity contribution in [3.05, 3.63) is 16.1 Å². The van der Waals surface area contributed by atoms with Gasteiger partial charge in [-0.05, 0) is 6.92 Å². The number of hydrogen-bond acceptors (Lipinski definition) is 5. The van der Waals surface area contributed by atoms with E-state index in [0.717, 1.165) is 5.01 Å². The van der Waals surface area contributed by atoms with Gasteiger partial charge in [-0.2, -0.15) is 0 Å². The third-order valence-electron chi connectivity index (χ3n) is 2.38. The molecule has 5 nitrogen and oxygen atoms in total. The highest BCUT2D eigenvalue weighted by Gasteiger charge is 2.33. The van der Waals surface area contributed by atoms with Crippen molar-refractivity contribution in [3.63, 3.8) is 0 Å². The minimum absolute atomic E-state index is 0.177. The Kier molecular flexibility index (Phi) is 2.72. The number of likely N-dealkylation sites (tertiary alicyclic amines) is 1. The molecule has 1 saturated heterocycles. The van der Waals surface area contributed by atoms with Crippen LogP contribution in [0.2, 0.25) is 0 Å². The quantitative estimate of drug-likeness (QED) is 0.687. The van der Waals surface area contributed by atoms with Crippen LogP contribution in [0.4, 0.5) is 0 Å². The van der Waals surface area contributed by atoms with Gasteiger partial charge in [-0.1, -0.05) is 0 Å². The number of amides is 1. The molecule has 2 rings (SSSR count). The Morgan fingerprint density at radius 1 is 1.53 bits per heavy atom. The molecule has 1 amide bonds. The number of thiazole rings is 1. The third kappa shape index (κ3) is 2.01.